The Hall–Kier alpha value is -1.27. The molecule has 0 aromatic carbocycles. The molecule has 0 saturated carbocycles. The van der Waals surface area contributed by atoms with Crippen molar-refractivity contribution in [1.29, 1.82) is 0 Å². The smallest absolute Gasteiger partial charge is 0.450 e. The molecule has 1 heterocycles. The van der Waals surface area contributed by atoms with E-state index in [2.05, 4.69) is 0 Å². The van der Waals surface area contributed by atoms with Crippen LogP contribution in [0.1, 0.15) is 12.8 Å². The number of alkyl halides is 3. The molecule has 7 heteroatoms. The number of hydrogen-bond donors (Lipinski definition) is 1. The molecule has 0 bridgehead atoms. The van der Waals surface area contributed by atoms with Gasteiger partial charge in [-0.05, 0) is 12.8 Å². The summed E-state index contributed by atoms with van der Waals surface area (Å²) in [6.45, 7) is -0.162. The van der Waals surface area contributed by atoms with E-state index in [-0.39, 0.29) is 19.5 Å². The van der Waals surface area contributed by atoms with E-state index in [1.807, 2.05) is 0 Å². The summed E-state index contributed by atoms with van der Waals surface area (Å²) in [5, 5.41) is 8.57. The van der Waals surface area contributed by atoms with E-state index in [1.54, 1.807) is 0 Å². The van der Waals surface area contributed by atoms with Gasteiger partial charge in [0.05, 0.1) is 0 Å². The van der Waals surface area contributed by atoms with Crippen LogP contribution in [-0.4, -0.2) is 41.1 Å². The van der Waals surface area contributed by atoms with Crippen LogP contribution >= 0.6 is 0 Å². The van der Waals surface area contributed by atoms with Crippen LogP contribution < -0.4 is 0 Å². The minimum absolute atomic E-state index is 0.0993. The van der Waals surface area contributed by atoms with E-state index in [0.29, 0.717) is 6.42 Å². The van der Waals surface area contributed by atoms with Crippen LogP contribution in [0.2, 0.25) is 0 Å². The summed E-state index contributed by atoms with van der Waals surface area (Å²) in [6, 6.07) is 0. The third-order valence-electron chi connectivity index (χ3n) is 2.34. The number of amides is 1. The van der Waals surface area contributed by atoms with Crippen molar-refractivity contribution in [2.45, 2.75) is 19.0 Å². The van der Waals surface area contributed by atoms with Crippen molar-refractivity contribution in [2.24, 2.45) is 5.92 Å². The number of hydrogen-bond acceptors (Lipinski definition) is 2. The zero-order chi connectivity index (χ0) is 11.6. The predicted molar refractivity (Wildman–Crippen MR) is 43.4 cm³/mol. The van der Waals surface area contributed by atoms with E-state index in [4.69, 9.17) is 5.11 Å². The molecule has 4 nitrogen and oxygen atoms in total. The van der Waals surface area contributed by atoms with E-state index >= 15 is 0 Å². The summed E-state index contributed by atoms with van der Waals surface area (Å²) in [5.74, 6) is -3.07. The Labute approximate surface area is 83.7 Å². The molecule has 15 heavy (non-hydrogen) atoms. The highest BCUT2D eigenvalue weighted by atomic mass is 19.4. The average Bonchev–Trinajstić information content (AvgIpc) is 2.15. The Morgan fingerprint density at radius 1 is 1.33 bits per heavy atom. The zero-order valence-corrected chi connectivity index (χ0v) is 7.75. The van der Waals surface area contributed by atoms with Crippen LogP contribution in [0, 0.1) is 5.92 Å². The maximum Gasteiger partial charge on any atom is 0.450 e. The molecule has 1 unspecified atom stereocenters. The number of carboxylic acid groups (broad SMARTS) is 1. The maximum atomic E-state index is 12.0. The fourth-order valence-corrected chi connectivity index (χ4v) is 1.60. The monoisotopic (exact) mass is 225 g/mol. The van der Waals surface area contributed by atoms with E-state index in [1.165, 1.54) is 0 Å². The summed E-state index contributed by atoms with van der Waals surface area (Å²) in [5.41, 5.74) is 0. The fraction of sp³-hybridized carbons (Fsp3) is 0.750. The second kappa shape index (κ2) is 4.08. The Morgan fingerprint density at radius 2 is 1.93 bits per heavy atom. The van der Waals surface area contributed by atoms with Crippen molar-refractivity contribution in [1.82, 2.24) is 4.90 Å². The van der Waals surface area contributed by atoms with Crippen molar-refractivity contribution < 1.29 is 27.9 Å². The van der Waals surface area contributed by atoms with Gasteiger partial charge in [0, 0.05) is 19.0 Å². The SMILES string of the molecule is O=C(O)N1CCCC(C(=O)C(F)(F)F)C1. The molecule has 0 aromatic heterocycles. The van der Waals surface area contributed by atoms with E-state index in [9.17, 15) is 22.8 Å². The number of rotatable bonds is 1. The number of halogens is 3. The Morgan fingerprint density at radius 3 is 2.40 bits per heavy atom. The molecule has 0 aliphatic carbocycles. The van der Waals surface area contributed by atoms with Gasteiger partial charge in [0.25, 0.3) is 0 Å². The van der Waals surface area contributed by atoms with Gasteiger partial charge in [0.15, 0.2) is 0 Å². The highest BCUT2D eigenvalue weighted by Crippen LogP contribution is 2.26. The van der Waals surface area contributed by atoms with Crippen molar-refractivity contribution in [2.75, 3.05) is 13.1 Å². The number of carbonyl (C=O) groups excluding carboxylic acids is 1. The largest absolute Gasteiger partial charge is 0.465 e. The maximum absolute atomic E-state index is 12.0. The van der Waals surface area contributed by atoms with Gasteiger partial charge in [-0.3, -0.25) is 4.79 Å². The second-order valence-electron chi connectivity index (χ2n) is 3.43. The Bertz CT molecular complexity index is 277. The first-order valence-corrected chi connectivity index (χ1v) is 4.41. The van der Waals surface area contributed by atoms with Crippen molar-refractivity contribution in [3.05, 3.63) is 0 Å². The van der Waals surface area contributed by atoms with Crippen molar-refractivity contribution in [3.63, 3.8) is 0 Å². The number of carbonyl (C=O) groups is 2. The molecule has 0 aromatic rings. The van der Waals surface area contributed by atoms with Gasteiger partial charge in [-0.25, -0.2) is 4.79 Å². The summed E-state index contributed by atoms with van der Waals surface area (Å²) in [4.78, 5) is 22.2. The fourth-order valence-electron chi connectivity index (χ4n) is 1.60. The first kappa shape index (κ1) is 11.8. The Balaban J connectivity index is 2.64. The number of nitrogens with zero attached hydrogens (tertiary/aromatic N) is 1. The lowest BCUT2D eigenvalue weighted by molar-refractivity contribution is -0.176. The van der Waals surface area contributed by atoms with E-state index < -0.39 is 24.0 Å². The number of ketones is 1. The van der Waals surface area contributed by atoms with Crippen LogP contribution in [0.5, 0.6) is 0 Å². The zero-order valence-electron chi connectivity index (χ0n) is 7.75. The predicted octanol–water partition coefficient (Wildman–Crippen LogP) is 1.51. The van der Waals surface area contributed by atoms with Gasteiger partial charge in [-0.2, -0.15) is 13.2 Å². The first-order chi connectivity index (χ1) is 6.82. The lowest BCUT2D eigenvalue weighted by Crippen LogP contribution is -2.44. The molecule has 1 saturated heterocycles. The quantitative estimate of drug-likeness (QED) is 0.735. The van der Waals surface area contributed by atoms with Crippen LogP contribution in [0.4, 0.5) is 18.0 Å². The summed E-state index contributed by atoms with van der Waals surface area (Å²) < 4.78 is 36.1. The van der Waals surface area contributed by atoms with Crippen LogP contribution in [-0.2, 0) is 4.79 Å². The molecule has 1 rings (SSSR count). The van der Waals surface area contributed by atoms with E-state index in [0.717, 1.165) is 4.90 Å². The van der Waals surface area contributed by atoms with Gasteiger partial charge in [0.2, 0.25) is 5.78 Å². The minimum atomic E-state index is -4.87. The summed E-state index contributed by atoms with van der Waals surface area (Å²) >= 11 is 0. The number of piperidine rings is 1. The second-order valence-corrected chi connectivity index (χ2v) is 3.43. The normalized spacial score (nSPS) is 22.6. The third-order valence-corrected chi connectivity index (χ3v) is 2.34. The highest BCUT2D eigenvalue weighted by Gasteiger charge is 2.44. The van der Waals surface area contributed by atoms with Gasteiger partial charge in [0.1, 0.15) is 0 Å². The molecule has 0 spiro atoms. The standard InChI is InChI=1S/C8H10F3NO3/c9-8(10,11)6(13)5-2-1-3-12(4-5)7(14)15/h5H,1-4H2,(H,14,15). The molecular formula is C8H10F3NO3. The highest BCUT2D eigenvalue weighted by molar-refractivity contribution is 5.87. The topological polar surface area (TPSA) is 57.6 Å². The van der Waals surface area contributed by atoms with Crippen LogP contribution in [0.3, 0.4) is 0 Å². The van der Waals surface area contributed by atoms with Crippen LogP contribution in [0.25, 0.3) is 0 Å². The molecule has 0 radical (unpaired) electrons. The van der Waals surface area contributed by atoms with Crippen molar-refractivity contribution >= 4 is 11.9 Å². The van der Waals surface area contributed by atoms with Gasteiger partial charge < -0.3 is 10.0 Å². The summed E-state index contributed by atoms with van der Waals surface area (Å²) in [7, 11) is 0. The molecule has 1 N–H and O–H groups in total. The molecule has 1 atom stereocenters. The van der Waals surface area contributed by atoms with Crippen LogP contribution in [0.15, 0.2) is 0 Å². The minimum Gasteiger partial charge on any atom is -0.465 e. The molecular weight excluding hydrogens is 215 g/mol. The molecule has 1 aliphatic rings. The average molecular weight is 225 g/mol. The van der Waals surface area contributed by atoms with Gasteiger partial charge in [-0.1, -0.05) is 0 Å². The molecule has 1 fully saturated rings. The van der Waals surface area contributed by atoms with Crippen molar-refractivity contribution in [3.8, 4) is 0 Å². The lowest BCUT2D eigenvalue weighted by atomic mass is 9.94. The number of Topliss-reactive ketones (excluding diaryl/α,β-unsaturated/α-hetero) is 1. The Kier molecular flexibility index (Phi) is 3.21. The third kappa shape index (κ3) is 2.84. The lowest BCUT2D eigenvalue weighted by Gasteiger charge is -2.30. The molecule has 86 valence electrons. The summed E-state index contributed by atoms with van der Waals surface area (Å²) in [6.07, 6.45) is -5.76. The molecule has 1 amide bonds. The van der Waals surface area contributed by atoms with Gasteiger partial charge in [-0.15, -0.1) is 0 Å². The first-order valence-electron chi connectivity index (χ1n) is 4.41. The van der Waals surface area contributed by atoms with Gasteiger partial charge >= 0.3 is 12.3 Å². The molecule has 1 aliphatic heterocycles. The number of likely N-dealkylation sites (tertiary alicyclic amines) is 1.